The fraction of sp³-hybridized carbons (Fsp3) is 0.529. The van der Waals surface area contributed by atoms with Gasteiger partial charge >= 0.3 is 6.09 Å². The van der Waals surface area contributed by atoms with Gasteiger partial charge in [0.2, 0.25) is 11.8 Å². The number of nitrogens with two attached hydrogens (primary N) is 1. The number of phenols is 1. The number of aryl methyl sites for hydroxylation is 2. The first kappa shape index (κ1) is 36.1. The van der Waals surface area contributed by atoms with Gasteiger partial charge in [-0.1, -0.05) is 63.3 Å². The molecule has 242 valence electrons. The number of carbonyl (C=O) groups excluding carboxylic acids is 4. The lowest BCUT2D eigenvalue weighted by Crippen LogP contribution is -2.52. The highest BCUT2D eigenvalue weighted by Crippen LogP contribution is 2.29. The Balaban J connectivity index is 2.57. The van der Waals surface area contributed by atoms with Crippen molar-refractivity contribution in [3.8, 4) is 5.75 Å². The number of rotatable bonds is 16. The largest absolute Gasteiger partial charge is 0.508 e. The Hall–Kier alpha value is -4.08. The molecule has 0 aromatic heterocycles. The lowest BCUT2D eigenvalue weighted by Gasteiger charge is -2.35. The third-order valence-corrected chi connectivity index (χ3v) is 7.20. The molecule has 0 aliphatic heterocycles. The molecular weight excluding hydrogens is 560 g/mol. The second kappa shape index (κ2) is 17.3. The van der Waals surface area contributed by atoms with E-state index in [-0.39, 0.29) is 25.1 Å². The number of benzene rings is 2. The summed E-state index contributed by atoms with van der Waals surface area (Å²) in [5, 5.41) is 15.8. The van der Waals surface area contributed by atoms with Gasteiger partial charge in [0.1, 0.15) is 23.4 Å². The van der Waals surface area contributed by atoms with E-state index in [9.17, 15) is 24.3 Å². The van der Waals surface area contributed by atoms with E-state index in [0.29, 0.717) is 23.2 Å². The molecule has 10 heteroatoms. The monoisotopic (exact) mass is 610 g/mol. The quantitative estimate of drug-likeness (QED) is 0.170. The predicted molar refractivity (Wildman–Crippen MR) is 172 cm³/mol. The summed E-state index contributed by atoms with van der Waals surface area (Å²) in [6.07, 6.45) is 4.69. The highest BCUT2D eigenvalue weighted by molar-refractivity contribution is 5.99. The van der Waals surface area contributed by atoms with Crippen LogP contribution < -0.4 is 16.4 Å². The summed E-state index contributed by atoms with van der Waals surface area (Å²) in [5.74, 6) is -1.55. The molecule has 0 aliphatic carbocycles. The molecule has 2 unspecified atom stereocenters. The standard InChI is InChI=1S/C34H50N4O6/c1-7-8-9-10-11-14-21-38(32(42)27(18-20-29(35)40)37-33(43)44-34(4,5)6)30(25-17-19-28(39)24(3)22-25)31(41)36-26-16-13-12-15-23(26)2/h12-13,15-17,19,22,27,30,39H,7-11,14,18,20-21H2,1-6H3,(H2,35,40)(H,36,41)(H,37,43). The molecule has 10 nitrogen and oxygen atoms in total. The lowest BCUT2D eigenvalue weighted by molar-refractivity contribution is -0.141. The maximum atomic E-state index is 14.4. The molecule has 4 amide bonds. The second-order valence-corrected chi connectivity index (χ2v) is 12.3. The summed E-state index contributed by atoms with van der Waals surface area (Å²) in [6, 6.07) is 9.85. The Labute approximate surface area is 261 Å². The number of unbranched alkanes of at least 4 members (excludes halogenated alkanes) is 5. The summed E-state index contributed by atoms with van der Waals surface area (Å²) < 4.78 is 5.41. The minimum Gasteiger partial charge on any atom is -0.508 e. The number of ether oxygens (including phenoxy) is 1. The number of phenolic OH excluding ortho intramolecular Hbond substituents is 1. The summed E-state index contributed by atoms with van der Waals surface area (Å²) >= 11 is 0. The van der Waals surface area contributed by atoms with Gasteiger partial charge < -0.3 is 31.1 Å². The molecule has 44 heavy (non-hydrogen) atoms. The molecule has 5 N–H and O–H groups in total. The Morgan fingerprint density at radius 1 is 0.955 bits per heavy atom. The highest BCUT2D eigenvalue weighted by atomic mass is 16.6. The van der Waals surface area contributed by atoms with E-state index >= 15 is 0 Å². The third-order valence-electron chi connectivity index (χ3n) is 7.20. The molecule has 0 heterocycles. The maximum Gasteiger partial charge on any atom is 0.408 e. The SMILES string of the molecule is CCCCCCCCN(C(=O)C(CCC(N)=O)NC(=O)OC(C)(C)C)C(C(=O)Nc1ccccc1C)c1ccc(O)c(C)c1. The minimum atomic E-state index is -1.18. The number of amides is 4. The van der Waals surface area contributed by atoms with Gasteiger partial charge in [0.25, 0.3) is 5.91 Å². The van der Waals surface area contributed by atoms with Crippen LogP contribution in [0.15, 0.2) is 42.5 Å². The summed E-state index contributed by atoms with van der Waals surface area (Å²) in [6.45, 7) is 11.1. The topological polar surface area (TPSA) is 151 Å². The van der Waals surface area contributed by atoms with E-state index < -0.39 is 41.5 Å². The summed E-state index contributed by atoms with van der Waals surface area (Å²) in [5.41, 5.74) is 7.09. The number of hydrogen-bond donors (Lipinski definition) is 4. The van der Waals surface area contributed by atoms with Crippen molar-refractivity contribution in [1.29, 1.82) is 0 Å². The molecule has 2 aromatic carbocycles. The number of nitrogens with one attached hydrogen (secondary N) is 2. The van der Waals surface area contributed by atoms with Crippen molar-refractivity contribution in [2.24, 2.45) is 5.73 Å². The first-order valence-electron chi connectivity index (χ1n) is 15.5. The van der Waals surface area contributed by atoms with E-state index in [1.54, 1.807) is 45.9 Å². The average molecular weight is 611 g/mol. The van der Waals surface area contributed by atoms with Crippen LogP contribution in [0.25, 0.3) is 0 Å². The summed E-state index contributed by atoms with van der Waals surface area (Å²) in [7, 11) is 0. The van der Waals surface area contributed by atoms with Crippen LogP contribution in [0.2, 0.25) is 0 Å². The van der Waals surface area contributed by atoms with Crippen LogP contribution in [0.1, 0.15) is 102 Å². The number of anilines is 1. The van der Waals surface area contributed by atoms with Crippen LogP contribution in [0.4, 0.5) is 10.5 Å². The zero-order valence-corrected chi connectivity index (χ0v) is 27.1. The van der Waals surface area contributed by atoms with Crippen molar-refractivity contribution in [3.63, 3.8) is 0 Å². The van der Waals surface area contributed by atoms with Crippen LogP contribution in [0, 0.1) is 13.8 Å². The zero-order valence-electron chi connectivity index (χ0n) is 27.1. The summed E-state index contributed by atoms with van der Waals surface area (Å²) in [4.78, 5) is 54.5. The van der Waals surface area contributed by atoms with Gasteiger partial charge in [0.15, 0.2) is 0 Å². The Kier molecular flexibility index (Phi) is 14.2. The van der Waals surface area contributed by atoms with E-state index in [1.165, 1.54) is 11.0 Å². The van der Waals surface area contributed by atoms with E-state index in [4.69, 9.17) is 10.5 Å². The lowest BCUT2D eigenvalue weighted by atomic mass is 9.98. The number of primary amides is 1. The fourth-order valence-corrected chi connectivity index (χ4v) is 4.86. The van der Waals surface area contributed by atoms with Crippen molar-refractivity contribution in [2.45, 2.75) is 111 Å². The number of para-hydroxylation sites is 1. The number of hydrogen-bond acceptors (Lipinski definition) is 6. The predicted octanol–water partition coefficient (Wildman–Crippen LogP) is 6.04. The van der Waals surface area contributed by atoms with Crippen LogP contribution in [-0.4, -0.2) is 52.0 Å². The van der Waals surface area contributed by atoms with Crippen molar-refractivity contribution in [3.05, 3.63) is 59.2 Å². The molecule has 0 spiro atoms. The molecule has 2 rings (SSSR count). The van der Waals surface area contributed by atoms with E-state index in [2.05, 4.69) is 17.6 Å². The van der Waals surface area contributed by atoms with Crippen LogP contribution in [0.5, 0.6) is 5.75 Å². The number of aromatic hydroxyl groups is 1. The van der Waals surface area contributed by atoms with Crippen molar-refractivity contribution in [1.82, 2.24) is 10.2 Å². The minimum absolute atomic E-state index is 0.0616. The van der Waals surface area contributed by atoms with Gasteiger partial charge in [-0.05, 0) is 82.3 Å². The molecule has 2 atom stereocenters. The number of nitrogens with zero attached hydrogens (tertiary/aromatic N) is 1. The molecule has 0 bridgehead atoms. The smallest absolute Gasteiger partial charge is 0.408 e. The van der Waals surface area contributed by atoms with Gasteiger partial charge in [-0.25, -0.2) is 4.79 Å². The maximum absolute atomic E-state index is 14.4. The van der Waals surface area contributed by atoms with Gasteiger partial charge in [0.05, 0.1) is 0 Å². The van der Waals surface area contributed by atoms with Crippen molar-refractivity contribution >= 4 is 29.5 Å². The molecule has 0 saturated carbocycles. The Morgan fingerprint density at radius 2 is 1.61 bits per heavy atom. The van der Waals surface area contributed by atoms with Gasteiger partial charge in [0, 0.05) is 18.7 Å². The van der Waals surface area contributed by atoms with Gasteiger partial charge in [-0.2, -0.15) is 0 Å². The molecule has 0 radical (unpaired) electrons. The second-order valence-electron chi connectivity index (χ2n) is 12.3. The van der Waals surface area contributed by atoms with Crippen molar-refractivity contribution in [2.75, 3.05) is 11.9 Å². The molecular formula is C34H50N4O6. The first-order valence-corrected chi connectivity index (χ1v) is 15.5. The van der Waals surface area contributed by atoms with Gasteiger partial charge in [-0.15, -0.1) is 0 Å². The molecule has 0 fully saturated rings. The fourth-order valence-electron chi connectivity index (χ4n) is 4.86. The molecule has 0 saturated heterocycles. The zero-order chi connectivity index (χ0) is 32.9. The Morgan fingerprint density at radius 3 is 2.23 bits per heavy atom. The normalized spacial score (nSPS) is 12.6. The molecule has 2 aromatic rings. The van der Waals surface area contributed by atoms with Gasteiger partial charge in [-0.3, -0.25) is 14.4 Å². The van der Waals surface area contributed by atoms with E-state index in [0.717, 1.165) is 37.7 Å². The van der Waals surface area contributed by atoms with Crippen LogP contribution in [0.3, 0.4) is 0 Å². The number of alkyl carbamates (subject to hydrolysis) is 1. The van der Waals surface area contributed by atoms with E-state index in [1.807, 2.05) is 25.1 Å². The average Bonchev–Trinajstić information content (AvgIpc) is 2.93. The number of carbonyl (C=O) groups is 4. The molecule has 0 aliphatic rings. The van der Waals surface area contributed by atoms with Crippen LogP contribution >= 0.6 is 0 Å². The van der Waals surface area contributed by atoms with Crippen molar-refractivity contribution < 1.29 is 29.0 Å². The highest BCUT2D eigenvalue weighted by Gasteiger charge is 2.36. The third kappa shape index (κ3) is 11.9. The first-order chi connectivity index (χ1) is 20.7. The van der Waals surface area contributed by atoms with Crippen LogP contribution in [-0.2, 0) is 19.1 Å². The Bertz CT molecular complexity index is 1270.